The minimum absolute atomic E-state index is 0.0389. The fourth-order valence-electron chi connectivity index (χ4n) is 5.50. The van der Waals surface area contributed by atoms with Gasteiger partial charge in [-0.3, -0.25) is 0 Å². The molecule has 16 heteroatoms. The first-order valence-electron chi connectivity index (χ1n) is 15.6. The van der Waals surface area contributed by atoms with Gasteiger partial charge < -0.3 is 0 Å². The van der Waals surface area contributed by atoms with E-state index in [1.165, 1.54) is 22.9 Å². The third-order valence-corrected chi connectivity index (χ3v) is 9.11. The van der Waals surface area contributed by atoms with Crippen molar-refractivity contribution in [2.75, 3.05) is 6.26 Å². The molecule has 1 aliphatic carbocycles. The highest BCUT2D eigenvalue weighted by atomic mass is 32.2. The normalized spacial score (nSPS) is 17.8. The number of nitrogens with zero attached hydrogens (tertiary/aromatic N) is 9. The van der Waals surface area contributed by atoms with Gasteiger partial charge in [-0.2, -0.15) is 38.9 Å². The molecule has 0 fully saturated rings. The SMILES string of the molecule is Cc1ccc2c(c1)O[N+]1(Oc3cc(S(C)(=O)=O)ccc3N=Nc3c(C)nn(C4=CCCC=C4)c3O1)Oc1c(c(C)nn1-c1ccccc1)N=N2. The van der Waals surface area contributed by atoms with E-state index in [0.717, 1.165) is 24.7 Å². The molecular weight excluding hydrogens is 662 g/mol. The molecule has 5 aromatic rings. The van der Waals surface area contributed by atoms with Crippen LogP contribution in [0.3, 0.4) is 0 Å². The first kappa shape index (κ1) is 31.2. The first-order chi connectivity index (χ1) is 24.1. The number of para-hydroxylation sites is 1. The topological polar surface area (TPSA) is 156 Å². The molecule has 1 atom stereocenters. The number of rotatable bonds is 3. The number of hydrogen-bond donors (Lipinski definition) is 0. The second kappa shape index (κ2) is 11.8. The molecule has 252 valence electrons. The van der Waals surface area contributed by atoms with Crippen molar-refractivity contribution in [1.82, 2.24) is 19.6 Å². The first-order valence-corrected chi connectivity index (χ1v) is 17.5. The Hall–Kier alpha value is -6.13. The Bertz CT molecular complexity index is 2410. The molecule has 50 heavy (non-hydrogen) atoms. The van der Waals surface area contributed by atoms with Gasteiger partial charge in [0.15, 0.2) is 21.2 Å². The quantitative estimate of drug-likeness (QED) is 0.172. The van der Waals surface area contributed by atoms with Gasteiger partial charge in [-0.25, -0.2) is 8.42 Å². The minimum atomic E-state index is -3.70. The van der Waals surface area contributed by atoms with Crippen LogP contribution in [-0.4, -0.2) is 39.4 Å². The zero-order chi connectivity index (χ0) is 34.6. The molecule has 8 rings (SSSR count). The van der Waals surface area contributed by atoms with E-state index < -0.39 is 15.0 Å². The average Bonchev–Trinajstić information content (AvgIpc) is 3.60. The Morgan fingerprint density at radius 1 is 0.700 bits per heavy atom. The fourth-order valence-corrected chi connectivity index (χ4v) is 6.13. The number of hydrogen-bond acceptors (Lipinski definition) is 12. The molecule has 0 amide bonds. The van der Waals surface area contributed by atoms with Gasteiger partial charge in [-0.1, -0.05) is 36.4 Å². The lowest BCUT2D eigenvalue weighted by atomic mass is 10.1. The largest absolute Gasteiger partial charge is 0.432 e. The van der Waals surface area contributed by atoms with Gasteiger partial charge in [0.05, 0.1) is 27.7 Å². The monoisotopic (exact) mass is 692 g/mol. The van der Waals surface area contributed by atoms with Crippen molar-refractivity contribution in [2.45, 2.75) is 38.5 Å². The Morgan fingerprint density at radius 3 is 1.96 bits per heavy atom. The molecule has 2 aromatic heterocycles. The summed E-state index contributed by atoms with van der Waals surface area (Å²) in [5.41, 5.74) is 4.13. The van der Waals surface area contributed by atoms with Gasteiger partial charge in [0.2, 0.25) is 11.5 Å². The van der Waals surface area contributed by atoms with E-state index in [-0.39, 0.29) is 45.2 Å². The number of aryl methyl sites for hydroxylation is 3. The van der Waals surface area contributed by atoms with E-state index in [0.29, 0.717) is 28.5 Å². The van der Waals surface area contributed by atoms with Crippen LogP contribution in [0, 0.1) is 20.8 Å². The molecule has 2 aliphatic heterocycles. The molecule has 15 nitrogen and oxygen atoms in total. The van der Waals surface area contributed by atoms with Crippen LogP contribution in [-0.2, 0) is 9.84 Å². The lowest BCUT2D eigenvalue weighted by Gasteiger charge is -2.26. The van der Waals surface area contributed by atoms with Gasteiger partial charge in [0.1, 0.15) is 11.4 Å². The number of sulfone groups is 1. The molecule has 0 saturated carbocycles. The second-order valence-corrected chi connectivity index (χ2v) is 13.8. The van der Waals surface area contributed by atoms with Gasteiger partial charge in [-0.05, 0) is 81.7 Å². The van der Waals surface area contributed by atoms with Crippen molar-refractivity contribution in [1.29, 1.82) is 0 Å². The van der Waals surface area contributed by atoms with Crippen molar-refractivity contribution < 1.29 is 32.9 Å². The summed E-state index contributed by atoms with van der Waals surface area (Å²) in [5.74, 6) is 0.191. The van der Waals surface area contributed by atoms with Crippen LogP contribution in [0.1, 0.15) is 29.8 Å². The van der Waals surface area contributed by atoms with E-state index in [4.69, 9.17) is 29.5 Å². The zero-order valence-corrected chi connectivity index (χ0v) is 28.2. The van der Waals surface area contributed by atoms with Crippen LogP contribution < -0.4 is 19.4 Å². The highest BCUT2D eigenvalue weighted by Gasteiger charge is 2.52. The summed E-state index contributed by atoms with van der Waals surface area (Å²) in [6.45, 7) is 5.42. The van der Waals surface area contributed by atoms with Gasteiger partial charge >= 0.3 is 16.9 Å². The maximum absolute atomic E-state index is 12.8. The maximum atomic E-state index is 12.8. The van der Waals surface area contributed by atoms with E-state index in [9.17, 15) is 8.42 Å². The predicted octanol–water partition coefficient (Wildman–Crippen LogP) is 8.14. The third-order valence-electron chi connectivity index (χ3n) is 8.00. The van der Waals surface area contributed by atoms with Crippen LogP contribution in [0.15, 0.2) is 110 Å². The predicted molar refractivity (Wildman–Crippen MR) is 180 cm³/mol. The van der Waals surface area contributed by atoms with E-state index >= 15 is 0 Å². The summed E-state index contributed by atoms with van der Waals surface area (Å²) in [7, 11) is -3.70. The minimum Gasteiger partial charge on any atom is -0.224 e. The molecule has 3 aromatic carbocycles. The summed E-state index contributed by atoms with van der Waals surface area (Å²) in [6.07, 6.45) is 8.70. The summed E-state index contributed by atoms with van der Waals surface area (Å²) >= 11 is 0. The van der Waals surface area contributed by atoms with Crippen molar-refractivity contribution in [3.05, 3.63) is 102 Å². The van der Waals surface area contributed by atoms with Gasteiger partial charge in [0.25, 0.3) is 0 Å². The van der Waals surface area contributed by atoms with Crippen LogP contribution in [0.4, 0.5) is 22.7 Å². The number of benzene rings is 3. The van der Waals surface area contributed by atoms with Crippen molar-refractivity contribution in [2.24, 2.45) is 20.5 Å². The Kier molecular flexibility index (Phi) is 7.34. The van der Waals surface area contributed by atoms with E-state index in [1.807, 2.05) is 61.5 Å². The number of azo groups is 2. The number of quaternary nitrogens is 1. The van der Waals surface area contributed by atoms with Gasteiger partial charge in [0, 0.05) is 12.3 Å². The molecule has 0 bridgehead atoms. The molecule has 3 aliphatic rings. The van der Waals surface area contributed by atoms with E-state index in [2.05, 4.69) is 20.5 Å². The molecule has 0 radical (unpaired) electrons. The van der Waals surface area contributed by atoms with Crippen LogP contribution in [0.5, 0.6) is 23.3 Å². The smallest absolute Gasteiger partial charge is 0.224 e. The standard InChI is InChI=1S/C34H30N9O6S/c1-21-15-17-27-29(19-21)46-43(48-33-31(37-35-27)22(2)39-41(33)24-11-7-5-8-12-24)47-30-20-26(50(4,44)45)16-18-28(30)36-38-32-23(3)40-42(34(32)49-43)25-13-9-6-10-14-25/h5,7-9,11-20H,6,10H2,1-4H3/q+1. The molecule has 0 N–H and O–H groups in total. The fraction of sp³-hybridized carbons (Fsp3) is 0.176. The van der Waals surface area contributed by atoms with Crippen LogP contribution >= 0.6 is 0 Å². The molecule has 1 unspecified atom stereocenters. The summed E-state index contributed by atoms with van der Waals surface area (Å²) in [4.78, 5) is 26.7. The Balaban J connectivity index is 1.44. The molecule has 4 heterocycles. The Labute approximate surface area is 286 Å². The van der Waals surface area contributed by atoms with Crippen molar-refractivity contribution in [3.63, 3.8) is 0 Å². The van der Waals surface area contributed by atoms with Crippen LogP contribution in [0.2, 0.25) is 0 Å². The highest BCUT2D eigenvalue weighted by molar-refractivity contribution is 7.90. The second-order valence-electron chi connectivity index (χ2n) is 11.8. The lowest BCUT2D eigenvalue weighted by molar-refractivity contribution is -1.41. The van der Waals surface area contributed by atoms with Crippen molar-refractivity contribution in [3.8, 4) is 28.9 Å². The maximum Gasteiger partial charge on any atom is 0.432 e. The van der Waals surface area contributed by atoms with Gasteiger partial charge in [-0.15, -0.1) is 20.5 Å². The van der Waals surface area contributed by atoms with Crippen molar-refractivity contribution >= 4 is 38.3 Å². The summed E-state index contributed by atoms with van der Waals surface area (Å²) < 4.78 is 28.6. The van der Waals surface area contributed by atoms with E-state index in [1.54, 1.807) is 30.7 Å². The molecule has 0 saturated heterocycles. The number of fused-ring (bicyclic) bond motifs is 4. The molecular formula is C34H30N9O6S+. The third kappa shape index (κ3) is 5.59. The number of allylic oxidation sites excluding steroid dienone is 4. The molecule has 1 spiro atoms. The average molecular weight is 693 g/mol. The highest BCUT2D eigenvalue weighted by Crippen LogP contribution is 2.46. The summed E-state index contributed by atoms with van der Waals surface area (Å²) in [5, 5.41) is 26.0. The zero-order valence-electron chi connectivity index (χ0n) is 27.4. The van der Waals surface area contributed by atoms with Crippen LogP contribution in [0.25, 0.3) is 11.4 Å². The number of aromatic nitrogens is 4. The lowest BCUT2D eigenvalue weighted by Crippen LogP contribution is -2.59. The summed E-state index contributed by atoms with van der Waals surface area (Å²) in [6, 6.07) is 18.8. The Morgan fingerprint density at radius 2 is 1.32 bits per heavy atom.